The summed E-state index contributed by atoms with van der Waals surface area (Å²) in [7, 11) is 0. The number of halogens is 2. The van der Waals surface area contributed by atoms with E-state index in [2.05, 4.69) is 10.3 Å². The zero-order chi connectivity index (χ0) is 12.1. The minimum atomic E-state index is -0.464. The van der Waals surface area contributed by atoms with Crippen molar-refractivity contribution in [3.63, 3.8) is 0 Å². The van der Waals surface area contributed by atoms with Crippen LogP contribution in [0.1, 0.15) is 24.3 Å². The lowest BCUT2D eigenvalue weighted by Crippen LogP contribution is -2.32. The lowest BCUT2D eigenvalue weighted by molar-refractivity contribution is 0.0947. The Morgan fingerprint density at radius 1 is 1.56 bits per heavy atom. The first-order valence-corrected chi connectivity index (χ1v) is 5.48. The lowest BCUT2D eigenvalue weighted by atomic mass is 10.1. The van der Waals surface area contributed by atoms with Gasteiger partial charge in [0.05, 0.1) is 11.6 Å². The number of alkyl halides is 1. The second-order valence-corrected chi connectivity index (χ2v) is 4.39. The van der Waals surface area contributed by atoms with E-state index in [4.69, 9.17) is 11.6 Å². The van der Waals surface area contributed by atoms with Crippen molar-refractivity contribution >= 4 is 17.5 Å². The number of pyridine rings is 1. The second-order valence-electron chi connectivity index (χ2n) is 3.83. The third-order valence-electron chi connectivity index (χ3n) is 2.14. The summed E-state index contributed by atoms with van der Waals surface area (Å²) in [4.78, 5) is 15.2. The van der Waals surface area contributed by atoms with E-state index >= 15 is 0 Å². The molecule has 1 amide bonds. The maximum Gasteiger partial charge on any atom is 0.269 e. The summed E-state index contributed by atoms with van der Waals surface area (Å²) >= 11 is 5.98. The van der Waals surface area contributed by atoms with Crippen molar-refractivity contribution in [2.24, 2.45) is 5.92 Å². The van der Waals surface area contributed by atoms with Gasteiger partial charge < -0.3 is 5.32 Å². The molecule has 0 aliphatic heterocycles. The van der Waals surface area contributed by atoms with E-state index in [1.807, 2.05) is 13.8 Å². The molecule has 1 heterocycles. The highest BCUT2D eigenvalue weighted by atomic mass is 35.5. The first kappa shape index (κ1) is 12.9. The molecule has 1 atom stereocenters. The number of hydrogen-bond donors (Lipinski definition) is 1. The highest BCUT2D eigenvalue weighted by molar-refractivity contribution is 6.21. The largest absolute Gasteiger partial charge is 0.349 e. The van der Waals surface area contributed by atoms with Crippen molar-refractivity contribution in [3.05, 3.63) is 29.8 Å². The molecule has 0 saturated carbocycles. The van der Waals surface area contributed by atoms with Crippen LogP contribution in [0.15, 0.2) is 18.3 Å². The normalized spacial score (nSPS) is 12.6. The molecule has 0 aliphatic carbocycles. The molecule has 16 heavy (non-hydrogen) atoms. The molecule has 0 aliphatic rings. The molecule has 0 fully saturated rings. The molecule has 0 spiro atoms. The second kappa shape index (κ2) is 5.80. The molecule has 1 rings (SSSR count). The van der Waals surface area contributed by atoms with Crippen LogP contribution in [-0.4, -0.2) is 22.8 Å². The van der Waals surface area contributed by atoms with Gasteiger partial charge in [-0.2, -0.15) is 0 Å². The van der Waals surface area contributed by atoms with Crippen molar-refractivity contribution < 1.29 is 9.18 Å². The predicted molar refractivity (Wildman–Crippen MR) is 61.0 cm³/mol. The van der Waals surface area contributed by atoms with Gasteiger partial charge in [-0.05, 0) is 18.1 Å². The number of nitrogens with one attached hydrogen (secondary N) is 1. The molecular formula is C11H14ClFN2O. The van der Waals surface area contributed by atoms with Crippen LogP contribution in [0, 0.1) is 11.7 Å². The highest BCUT2D eigenvalue weighted by Crippen LogP contribution is 2.08. The fraction of sp³-hybridized carbons (Fsp3) is 0.455. The Balaban J connectivity index is 2.50. The number of carbonyl (C=O) groups is 1. The number of carbonyl (C=O) groups excluding carboxylic acids is 1. The minimum Gasteiger partial charge on any atom is -0.349 e. The van der Waals surface area contributed by atoms with Crippen LogP contribution in [0.5, 0.6) is 0 Å². The maximum absolute atomic E-state index is 12.6. The van der Waals surface area contributed by atoms with E-state index in [9.17, 15) is 9.18 Å². The standard InChI is InChI=1S/C11H14ClFN2O/c1-7(2)9(12)6-15-11(16)10-4-3-8(13)5-14-10/h3-5,7,9H,6H2,1-2H3,(H,15,16). The molecule has 0 radical (unpaired) electrons. The Morgan fingerprint density at radius 2 is 2.25 bits per heavy atom. The van der Waals surface area contributed by atoms with Crippen molar-refractivity contribution in [2.45, 2.75) is 19.2 Å². The van der Waals surface area contributed by atoms with Gasteiger partial charge in [-0.25, -0.2) is 9.37 Å². The molecule has 5 heteroatoms. The number of aromatic nitrogens is 1. The fourth-order valence-electron chi connectivity index (χ4n) is 1.03. The first-order chi connectivity index (χ1) is 7.50. The zero-order valence-electron chi connectivity index (χ0n) is 9.21. The summed E-state index contributed by atoms with van der Waals surface area (Å²) in [5.74, 6) is -0.525. The average Bonchev–Trinajstić information content (AvgIpc) is 2.26. The third-order valence-corrected chi connectivity index (χ3v) is 2.80. The Kier molecular flexibility index (Phi) is 4.68. The van der Waals surface area contributed by atoms with Crippen LogP contribution >= 0.6 is 11.6 Å². The molecule has 88 valence electrons. The number of rotatable bonds is 4. The summed E-state index contributed by atoms with van der Waals surface area (Å²) in [6.07, 6.45) is 1.01. The molecule has 0 aromatic carbocycles. The van der Waals surface area contributed by atoms with E-state index in [1.54, 1.807) is 0 Å². The minimum absolute atomic E-state index is 0.121. The van der Waals surface area contributed by atoms with Crippen LogP contribution in [0.4, 0.5) is 4.39 Å². The van der Waals surface area contributed by atoms with Gasteiger partial charge in [0.1, 0.15) is 11.5 Å². The van der Waals surface area contributed by atoms with Crippen molar-refractivity contribution in [2.75, 3.05) is 6.54 Å². The van der Waals surface area contributed by atoms with Crippen molar-refractivity contribution in [1.82, 2.24) is 10.3 Å². The van der Waals surface area contributed by atoms with Gasteiger partial charge in [0.15, 0.2) is 0 Å². The number of nitrogens with zero attached hydrogens (tertiary/aromatic N) is 1. The quantitative estimate of drug-likeness (QED) is 0.826. The number of hydrogen-bond acceptors (Lipinski definition) is 2. The summed E-state index contributed by atoms with van der Waals surface area (Å²) < 4.78 is 12.6. The molecule has 0 saturated heterocycles. The van der Waals surface area contributed by atoms with Crippen LogP contribution in [0.25, 0.3) is 0 Å². The number of amides is 1. The Labute approximate surface area is 99.0 Å². The van der Waals surface area contributed by atoms with Gasteiger partial charge >= 0.3 is 0 Å². The van der Waals surface area contributed by atoms with E-state index < -0.39 is 5.82 Å². The summed E-state index contributed by atoms with van der Waals surface area (Å²) in [6, 6.07) is 2.53. The maximum atomic E-state index is 12.6. The third kappa shape index (κ3) is 3.77. The van der Waals surface area contributed by atoms with Crippen molar-refractivity contribution in [3.8, 4) is 0 Å². The highest BCUT2D eigenvalue weighted by Gasteiger charge is 2.12. The lowest BCUT2D eigenvalue weighted by Gasteiger charge is -2.13. The fourth-order valence-corrected chi connectivity index (χ4v) is 1.10. The molecule has 1 N–H and O–H groups in total. The smallest absolute Gasteiger partial charge is 0.269 e. The average molecular weight is 245 g/mol. The summed E-state index contributed by atoms with van der Waals surface area (Å²) in [6.45, 7) is 4.32. The summed E-state index contributed by atoms with van der Waals surface area (Å²) in [5, 5.41) is 2.52. The van der Waals surface area contributed by atoms with Gasteiger partial charge in [-0.3, -0.25) is 4.79 Å². The first-order valence-electron chi connectivity index (χ1n) is 5.04. The molecule has 3 nitrogen and oxygen atoms in total. The zero-order valence-corrected chi connectivity index (χ0v) is 9.96. The Morgan fingerprint density at radius 3 is 2.75 bits per heavy atom. The summed E-state index contributed by atoms with van der Waals surface area (Å²) in [5.41, 5.74) is 0.189. The van der Waals surface area contributed by atoms with Gasteiger partial charge in [-0.15, -0.1) is 11.6 Å². The molecule has 1 aromatic rings. The van der Waals surface area contributed by atoms with Crippen LogP contribution in [0.3, 0.4) is 0 Å². The van der Waals surface area contributed by atoms with Gasteiger partial charge in [0.2, 0.25) is 0 Å². The topological polar surface area (TPSA) is 42.0 Å². The molecule has 0 bridgehead atoms. The van der Waals surface area contributed by atoms with E-state index in [0.29, 0.717) is 6.54 Å². The predicted octanol–water partition coefficient (Wildman–Crippen LogP) is 2.21. The van der Waals surface area contributed by atoms with Crippen molar-refractivity contribution in [1.29, 1.82) is 0 Å². The monoisotopic (exact) mass is 244 g/mol. The van der Waals surface area contributed by atoms with Gasteiger partial charge in [0, 0.05) is 6.54 Å². The van der Waals surface area contributed by atoms with E-state index in [1.165, 1.54) is 12.1 Å². The van der Waals surface area contributed by atoms with Crippen LogP contribution in [-0.2, 0) is 0 Å². The van der Waals surface area contributed by atoms with Gasteiger partial charge in [-0.1, -0.05) is 13.8 Å². The SMILES string of the molecule is CC(C)C(Cl)CNC(=O)c1ccc(F)cn1. The Hall–Kier alpha value is -1.16. The van der Waals surface area contributed by atoms with Crippen LogP contribution in [0.2, 0.25) is 0 Å². The van der Waals surface area contributed by atoms with E-state index in [-0.39, 0.29) is 22.9 Å². The van der Waals surface area contributed by atoms with E-state index in [0.717, 1.165) is 6.20 Å². The van der Waals surface area contributed by atoms with Gasteiger partial charge in [0.25, 0.3) is 5.91 Å². The Bertz CT molecular complexity index is 354. The van der Waals surface area contributed by atoms with Crippen LogP contribution < -0.4 is 5.32 Å². The molecule has 1 aromatic heterocycles. The molecular weight excluding hydrogens is 231 g/mol. The molecule has 1 unspecified atom stereocenters.